The number of carbonyl (C=O) groups excluding carboxylic acids is 2. The van der Waals surface area contributed by atoms with Gasteiger partial charge in [-0.3, -0.25) is 19.7 Å². The highest BCUT2D eigenvalue weighted by atomic mass is 32.1. The van der Waals surface area contributed by atoms with Crippen LogP contribution >= 0.6 is 12.2 Å². The molecule has 0 aromatic heterocycles. The zero-order chi connectivity index (χ0) is 17.5. The van der Waals surface area contributed by atoms with E-state index in [0.717, 1.165) is 5.56 Å². The van der Waals surface area contributed by atoms with Crippen molar-refractivity contribution >= 4 is 34.8 Å². The van der Waals surface area contributed by atoms with E-state index in [-0.39, 0.29) is 16.9 Å². The predicted octanol–water partition coefficient (Wildman–Crippen LogP) is 2.41. The van der Waals surface area contributed by atoms with Crippen LogP contribution in [0.1, 0.15) is 26.3 Å². The number of amides is 2. The molecule has 3 N–H and O–H groups in total. The molecule has 24 heavy (non-hydrogen) atoms. The number of hydroxylamine groups is 1. The number of aryl methyl sites for hydroxylation is 1. The fraction of sp³-hybridized carbons (Fsp3) is 0.118. The largest absolute Gasteiger partial charge is 0.332 e. The topological polar surface area (TPSA) is 79.5 Å². The first-order valence-electron chi connectivity index (χ1n) is 7.12. The average Bonchev–Trinajstić information content (AvgIpc) is 2.57. The van der Waals surface area contributed by atoms with Gasteiger partial charge in [0, 0.05) is 16.8 Å². The molecule has 0 saturated heterocycles. The van der Waals surface area contributed by atoms with Gasteiger partial charge in [-0.2, -0.15) is 0 Å². The maximum Gasteiger partial charge on any atom is 0.274 e. The number of nitrogens with one attached hydrogen (secondary N) is 3. The Balaban J connectivity index is 2.07. The van der Waals surface area contributed by atoms with Crippen LogP contribution in [0, 0.1) is 6.92 Å². The fourth-order valence-corrected chi connectivity index (χ4v) is 2.17. The lowest BCUT2D eigenvalue weighted by Gasteiger charge is -2.13. The van der Waals surface area contributed by atoms with Gasteiger partial charge in [0.05, 0.1) is 7.11 Å². The van der Waals surface area contributed by atoms with E-state index in [2.05, 4.69) is 21.0 Å². The monoisotopic (exact) mass is 343 g/mol. The third kappa shape index (κ3) is 4.61. The van der Waals surface area contributed by atoms with Gasteiger partial charge in [0.2, 0.25) is 0 Å². The summed E-state index contributed by atoms with van der Waals surface area (Å²) in [5.74, 6) is -0.682. The minimum absolute atomic E-state index is 0.149. The van der Waals surface area contributed by atoms with Crippen molar-refractivity contribution in [2.24, 2.45) is 0 Å². The van der Waals surface area contributed by atoms with E-state index in [4.69, 9.17) is 12.2 Å². The summed E-state index contributed by atoms with van der Waals surface area (Å²) in [4.78, 5) is 28.5. The van der Waals surface area contributed by atoms with Gasteiger partial charge in [-0.15, -0.1) is 0 Å². The number of hydrogen-bond acceptors (Lipinski definition) is 4. The Labute approximate surface area is 145 Å². The number of hydrogen-bond donors (Lipinski definition) is 3. The van der Waals surface area contributed by atoms with Crippen molar-refractivity contribution < 1.29 is 14.4 Å². The number of carbonyl (C=O) groups is 2. The maximum absolute atomic E-state index is 12.1. The van der Waals surface area contributed by atoms with Gasteiger partial charge in [-0.05, 0) is 49.0 Å². The molecule has 0 bridgehead atoms. The average molecular weight is 343 g/mol. The van der Waals surface area contributed by atoms with Crippen molar-refractivity contribution in [3.8, 4) is 0 Å². The molecule has 0 spiro atoms. The van der Waals surface area contributed by atoms with Crippen LogP contribution in [0.2, 0.25) is 0 Å². The van der Waals surface area contributed by atoms with Crippen molar-refractivity contribution in [1.29, 1.82) is 0 Å². The zero-order valence-electron chi connectivity index (χ0n) is 13.3. The molecule has 2 rings (SSSR count). The second-order valence-electron chi connectivity index (χ2n) is 4.94. The van der Waals surface area contributed by atoms with Crippen molar-refractivity contribution in [3.05, 3.63) is 65.2 Å². The van der Waals surface area contributed by atoms with E-state index in [1.807, 2.05) is 13.0 Å². The number of benzene rings is 2. The van der Waals surface area contributed by atoms with Gasteiger partial charge < -0.3 is 5.32 Å². The third-order valence-corrected chi connectivity index (χ3v) is 3.41. The summed E-state index contributed by atoms with van der Waals surface area (Å²) < 4.78 is 0. The highest BCUT2D eigenvalue weighted by molar-refractivity contribution is 7.80. The Morgan fingerprint density at radius 1 is 1.00 bits per heavy atom. The first kappa shape index (κ1) is 17.6. The normalized spacial score (nSPS) is 9.92. The molecule has 0 saturated carbocycles. The minimum atomic E-state index is -0.375. The lowest BCUT2D eigenvalue weighted by atomic mass is 10.1. The first-order chi connectivity index (χ1) is 11.5. The van der Waals surface area contributed by atoms with E-state index in [1.165, 1.54) is 7.11 Å². The van der Waals surface area contributed by atoms with Gasteiger partial charge in [0.1, 0.15) is 0 Å². The van der Waals surface area contributed by atoms with Gasteiger partial charge in [-0.25, -0.2) is 5.48 Å². The highest BCUT2D eigenvalue weighted by Crippen LogP contribution is 2.17. The molecule has 7 heteroatoms. The molecule has 124 valence electrons. The maximum atomic E-state index is 12.1. The van der Waals surface area contributed by atoms with Crippen LogP contribution in [0.3, 0.4) is 0 Å². The molecule has 0 unspecified atom stereocenters. The summed E-state index contributed by atoms with van der Waals surface area (Å²) in [6.45, 7) is 1.86. The van der Waals surface area contributed by atoms with Crippen molar-refractivity contribution in [2.45, 2.75) is 6.92 Å². The molecule has 0 fully saturated rings. The van der Waals surface area contributed by atoms with E-state index in [1.54, 1.807) is 42.5 Å². The fourth-order valence-electron chi connectivity index (χ4n) is 1.97. The quantitative estimate of drug-likeness (QED) is 0.587. The smallest absolute Gasteiger partial charge is 0.274 e. The van der Waals surface area contributed by atoms with E-state index in [0.29, 0.717) is 16.8 Å². The molecule has 0 aliphatic heterocycles. The van der Waals surface area contributed by atoms with Crippen molar-refractivity contribution in [1.82, 2.24) is 10.8 Å². The Kier molecular flexibility index (Phi) is 6.00. The molecule has 0 aliphatic carbocycles. The second-order valence-corrected chi connectivity index (χ2v) is 5.35. The summed E-state index contributed by atoms with van der Waals surface area (Å²) in [7, 11) is 1.36. The lowest BCUT2D eigenvalue weighted by molar-refractivity contribution is 0.0537. The first-order valence-corrected chi connectivity index (χ1v) is 7.53. The molecule has 0 aliphatic rings. The Bertz CT molecular complexity index is 763. The van der Waals surface area contributed by atoms with Crippen molar-refractivity contribution in [2.75, 3.05) is 12.4 Å². The summed E-state index contributed by atoms with van der Waals surface area (Å²) in [6, 6.07) is 13.8. The van der Waals surface area contributed by atoms with Crippen molar-refractivity contribution in [3.63, 3.8) is 0 Å². The minimum Gasteiger partial charge on any atom is -0.332 e. The number of rotatable bonds is 4. The molecular formula is C17H17N3O3S. The molecule has 2 aromatic carbocycles. The van der Waals surface area contributed by atoms with Gasteiger partial charge in [0.15, 0.2) is 5.11 Å². The van der Waals surface area contributed by atoms with Crippen LogP contribution in [0.25, 0.3) is 0 Å². The van der Waals surface area contributed by atoms with E-state index in [9.17, 15) is 9.59 Å². The molecule has 2 aromatic rings. The summed E-state index contributed by atoms with van der Waals surface area (Å²) in [5, 5.41) is 5.68. The highest BCUT2D eigenvalue weighted by Gasteiger charge is 2.11. The standard InChI is InChI=1S/C17H17N3O3S/c1-11-8-9-13(16(22)20-23-2)10-14(11)18-17(24)19-15(21)12-6-4-3-5-7-12/h3-10H,1-2H3,(H,20,22)(H2,18,19,21,24). The Morgan fingerprint density at radius 3 is 2.38 bits per heavy atom. The van der Waals surface area contributed by atoms with Gasteiger partial charge >= 0.3 is 0 Å². The van der Waals surface area contributed by atoms with Crippen LogP contribution in [-0.2, 0) is 4.84 Å². The molecule has 0 radical (unpaired) electrons. The third-order valence-electron chi connectivity index (χ3n) is 3.21. The Morgan fingerprint density at radius 2 is 1.71 bits per heavy atom. The Hall–Kier alpha value is -2.77. The molecule has 6 nitrogen and oxygen atoms in total. The van der Waals surface area contributed by atoms with Crippen LogP contribution < -0.4 is 16.1 Å². The molecular weight excluding hydrogens is 326 g/mol. The van der Waals surface area contributed by atoms with Crippen LogP contribution in [0.15, 0.2) is 48.5 Å². The zero-order valence-corrected chi connectivity index (χ0v) is 14.1. The van der Waals surface area contributed by atoms with Crippen LogP contribution in [0.4, 0.5) is 5.69 Å². The second kappa shape index (κ2) is 8.19. The van der Waals surface area contributed by atoms with Crippen LogP contribution in [-0.4, -0.2) is 24.0 Å². The number of thiocarbonyl (C=S) groups is 1. The van der Waals surface area contributed by atoms with Crippen LogP contribution in [0.5, 0.6) is 0 Å². The van der Waals surface area contributed by atoms with E-state index >= 15 is 0 Å². The summed E-state index contributed by atoms with van der Waals surface area (Å²) in [5.41, 5.74) is 4.65. The van der Waals surface area contributed by atoms with E-state index < -0.39 is 0 Å². The lowest BCUT2D eigenvalue weighted by Crippen LogP contribution is -2.34. The number of anilines is 1. The van der Waals surface area contributed by atoms with Gasteiger partial charge in [0.25, 0.3) is 11.8 Å². The summed E-state index contributed by atoms with van der Waals surface area (Å²) in [6.07, 6.45) is 0. The molecule has 0 heterocycles. The molecule has 2 amide bonds. The summed E-state index contributed by atoms with van der Waals surface area (Å²) >= 11 is 5.16. The SMILES string of the molecule is CONC(=O)c1ccc(C)c(NC(=S)NC(=O)c2ccccc2)c1. The predicted molar refractivity (Wildman–Crippen MR) is 95.8 cm³/mol. The van der Waals surface area contributed by atoms with Gasteiger partial charge in [-0.1, -0.05) is 24.3 Å². The molecule has 0 atom stereocenters.